The molecule has 0 aliphatic heterocycles. The zero-order chi connectivity index (χ0) is 15.2. The van der Waals surface area contributed by atoms with Crippen LogP contribution in [0, 0.1) is 5.82 Å². The third-order valence-electron chi connectivity index (χ3n) is 3.46. The fourth-order valence-electron chi connectivity index (χ4n) is 2.19. The summed E-state index contributed by atoms with van der Waals surface area (Å²) in [7, 11) is 0. The molecule has 0 aromatic heterocycles. The molecule has 0 aliphatic rings. The smallest absolute Gasteiger partial charge is 0.248 e. The molecule has 4 heteroatoms. The van der Waals surface area contributed by atoms with Crippen molar-refractivity contribution in [3.8, 4) is 0 Å². The molecule has 2 aromatic rings. The molecular formula is C17H19FN2O. The second-order valence-electron chi connectivity index (χ2n) is 5.11. The Morgan fingerprint density at radius 3 is 2.62 bits per heavy atom. The number of hydrogen-bond acceptors (Lipinski definition) is 2. The summed E-state index contributed by atoms with van der Waals surface area (Å²) >= 11 is 0. The molecule has 1 atom stereocenters. The van der Waals surface area contributed by atoms with Crippen LogP contribution in [0.3, 0.4) is 0 Å². The van der Waals surface area contributed by atoms with E-state index in [1.54, 1.807) is 0 Å². The lowest BCUT2D eigenvalue weighted by Gasteiger charge is -2.13. The molecule has 0 bridgehead atoms. The molecule has 0 fully saturated rings. The maximum atomic E-state index is 13.7. The number of hydrogen-bond donors (Lipinski definition) is 2. The van der Waals surface area contributed by atoms with Crippen molar-refractivity contribution in [2.45, 2.75) is 19.4 Å². The van der Waals surface area contributed by atoms with Crippen molar-refractivity contribution < 1.29 is 9.18 Å². The van der Waals surface area contributed by atoms with Gasteiger partial charge in [-0.2, -0.15) is 0 Å². The Hall–Kier alpha value is -2.20. The molecule has 110 valence electrons. The van der Waals surface area contributed by atoms with E-state index in [0.717, 1.165) is 6.54 Å². The second-order valence-corrected chi connectivity index (χ2v) is 5.11. The zero-order valence-corrected chi connectivity index (χ0v) is 12.0. The Kier molecular flexibility index (Phi) is 5.06. The van der Waals surface area contributed by atoms with E-state index in [2.05, 4.69) is 24.4 Å². The second kappa shape index (κ2) is 6.99. The highest BCUT2D eigenvalue weighted by atomic mass is 19.1. The highest BCUT2D eigenvalue weighted by Crippen LogP contribution is 2.14. The summed E-state index contributed by atoms with van der Waals surface area (Å²) in [6, 6.07) is 14.3. The minimum absolute atomic E-state index is 0.323. The van der Waals surface area contributed by atoms with Crippen LogP contribution in [0.4, 0.5) is 4.39 Å². The number of carbonyl (C=O) groups excluding carboxylic acids is 1. The van der Waals surface area contributed by atoms with Crippen LogP contribution in [0.2, 0.25) is 0 Å². The van der Waals surface area contributed by atoms with Gasteiger partial charge in [0.2, 0.25) is 5.91 Å². The van der Waals surface area contributed by atoms with E-state index in [-0.39, 0.29) is 5.82 Å². The predicted octanol–water partition coefficient (Wildman–Crippen LogP) is 2.82. The number of halogens is 1. The van der Waals surface area contributed by atoms with Gasteiger partial charge in [-0.3, -0.25) is 4.79 Å². The van der Waals surface area contributed by atoms with Crippen molar-refractivity contribution in [3.05, 3.63) is 71.0 Å². The number of primary amides is 1. The van der Waals surface area contributed by atoms with Gasteiger partial charge >= 0.3 is 0 Å². The molecular weight excluding hydrogens is 267 g/mol. The maximum absolute atomic E-state index is 13.7. The molecule has 0 heterocycles. The molecule has 0 radical (unpaired) electrons. The van der Waals surface area contributed by atoms with Crippen molar-refractivity contribution in [1.29, 1.82) is 0 Å². The third kappa shape index (κ3) is 4.13. The van der Waals surface area contributed by atoms with Crippen LogP contribution in [0.5, 0.6) is 0 Å². The highest BCUT2D eigenvalue weighted by Gasteiger charge is 2.08. The first-order valence-electron chi connectivity index (χ1n) is 6.92. The summed E-state index contributed by atoms with van der Waals surface area (Å²) < 4.78 is 13.7. The average molecular weight is 286 g/mol. The molecule has 0 aliphatic carbocycles. The standard InChI is InChI=1S/C17H19FN2O/c1-12(13-5-3-2-4-6-13)10-20-11-15-9-14(17(19)21)7-8-16(15)18/h2-9,12,20H,10-11H2,1H3,(H2,19,21). The molecule has 1 unspecified atom stereocenters. The lowest BCUT2D eigenvalue weighted by Crippen LogP contribution is -2.21. The quantitative estimate of drug-likeness (QED) is 0.858. The molecule has 2 rings (SSSR count). The van der Waals surface area contributed by atoms with Crippen molar-refractivity contribution in [2.75, 3.05) is 6.54 Å². The molecule has 2 aromatic carbocycles. The van der Waals surface area contributed by atoms with E-state index < -0.39 is 5.91 Å². The molecule has 0 spiro atoms. The van der Waals surface area contributed by atoms with Crippen molar-refractivity contribution in [1.82, 2.24) is 5.32 Å². The summed E-state index contributed by atoms with van der Waals surface area (Å²) in [5.74, 6) is -0.553. The molecule has 3 nitrogen and oxygen atoms in total. The number of amides is 1. The van der Waals surface area contributed by atoms with Gasteiger partial charge < -0.3 is 11.1 Å². The number of rotatable bonds is 6. The predicted molar refractivity (Wildman–Crippen MR) is 81.5 cm³/mol. The fourth-order valence-corrected chi connectivity index (χ4v) is 2.19. The normalized spacial score (nSPS) is 12.1. The number of benzene rings is 2. The van der Waals surface area contributed by atoms with E-state index in [9.17, 15) is 9.18 Å². The summed E-state index contributed by atoms with van der Waals surface area (Å²) in [6.45, 7) is 3.20. The molecule has 0 saturated heterocycles. The first-order chi connectivity index (χ1) is 10.1. The van der Waals surface area contributed by atoms with Gasteiger partial charge in [-0.05, 0) is 29.7 Å². The van der Waals surface area contributed by atoms with Gasteiger partial charge in [0.05, 0.1) is 0 Å². The Morgan fingerprint density at radius 1 is 1.24 bits per heavy atom. The van der Waals surface area contributed by atoms with Crippen LogP contribution in [-0.4, -0.2) is 12.5 Å². The van der Waals surface area contributed by atoms with E-state index in [1.165, 1.54) is 23.8 Å². The minimum atomic E-state index is -0.547. The average Bonchev–Trinajstić information content (AvgIpc) is 2.49. The molecule has 21 heavy (non-hydrogen) atoms. The van der Waals surface area contributed by atoms with Crippen molar-refractivity contribution in [2.24, 2.45) is 5.73 Å². The SMILES string of the molecule is CC(CNCc1cc(C(N)=O)ccc1F)c1ccccc1. The fraction of sp³-hybridized carbons (Fsp3) is 0.235. The molecule has 1 amide bonds. The van der Waals surface area contributed by atoms with E-state index in [1.807, 2.05) is 18.2 Å². The summed E-state index contributed by atoms with van der Waals surface area (Å²) in [5.41, 5.74) is 7.21. The van der Waals surface area contributed by atoms with Crippen molar-refractivity contribution >= 4 is 5.91 Å². The number of nitrogens with one attached hydrogen (secondary N) is 1. The lowest BCUT2D eigenvalue weighted by atomic mass is 10.0. The van der Waals surface area contributed by atoms with Crippen LogP contribution in [-0.2, 0) is 6.54 Å². The van der Waals surface area contributed by atoms with Gasteiger partial charge in [0.15, 0.2) is 0 Å². The van der Waals surface area contributed by atoms with Crippen LogP contribution >= 0.6 is 0 Å². The molecule has 3 N–H and O–H groups in total. The Labute approximate surface area is 124 Å². The largest absolute Gasteiger partial charge is 0.366 e. The van der Waals surface area contributed by atoms with Crippen molar-refractivity contribution in [3.63, 3.8) is 0 Å². The number of carbonyl (C=O) groups is 1. The summed E-state index contributed by atoms with van der Waals surface area (Å²) in [4.78, 5) is 11.1. The minimum Gasteiger partial charge on any atom is -0.366 e. The Bertz CT molecular complexity index is 613. The Balaban J connectivity index is 1.94. The van der Waals surface area contributed by atoms with Gasteiger partial charge in [-0.15, -0.1) is 0 Å². The van der Waals surface area contributed by atoms with Crippen LogP contribution < -0.4 is 11.1 Å². The van der Waals surface area contributed by atoms with Gasteiger partial charge in [0.25, 0.3) is 0 Å². The topological polar surface area (TPSA) is 55.1 Å². The Morgan fingerprint density at radius 2 is 1.95 bits per heavy atom. The van der Waals surface area contributed by atoms with Gasteiger partial charge in [-0.1, -0.05) is 37.3 Å². The van der Waals surface area contributed by atoms with Crippen LogP contribution in [0.15, 0.2) is 48.5 Å². The third-order valence-corrected chi connectivity index (χ3v) is 3.46. The summed E-state index contributed by atoms with van der Waals surface area (Å²) in [5, 5.41) is 3.21. The van der Waals surface area contributed by atoms with E-state index >= 15 is 0 Å². The monoisotopic (exact) mass is 286 g/mol. The first-order valence-corrected chi connectivity index (χ1v) is 6.92. The van der Waals surface area contributed by atoms with Gasteiger partial charge in [0.1, 0.15) is 5.82 Å². The first kappa shape index (κ1) is 15.2. The van der Waals surface area contributed by atoms with Gasteiger partial charge in [-0.25, -0.2) is 4.39 Å². The molecule has 0 saturated carbocycles. The summed E-state index contributed by atoms with van der Waals surface area (Å²) in [6.07, 6.45) is 0. The highest BCUT2D eigenvalue weighted by molar-refractivity contribution is 5.92. The maximum Gasteiger partial charge on any atom is 0.248 e. The van der Waals surface area contributed by atoms with E-state index in [0.29, 0.717) is 23.6 Å². The van der Waals surface area contributed by atoms with Crippen LogP contribution in [0.1, 0.15) is 34.3 Å². The zero-order valence-electron chi connectivity index (χ0n) is 12.0. The lowest BCUT2D eigenvalue weighted by molar-refractivity contribution is 0.1000. The number of nitrogens with two attached hydrogens (primary N) is 1. The van der Waals surface area contributed by atoms with Gasteiger partial charge in [0, 0.05) is 24.2 Å². The van der Waals surface area contributed by atoms with Crippen LogP contribution in [0.25, 0.3) is 0 Å². The van der Waals surface area contributed by atoms with E-state index in [4.69, 9.17) is 5.73 Å².